The third-order valence-electron chi connectivity index (χ3n) is 2.88. The fourth-order valence-electron chi connectivity index (χ4n) is 1.93. The zero-order chi connectivity index (χ0) is 15.1. The second kappa shape index (κ2) is 4.66. The van der Waals surface area contributed by atoms with Crippen LogP contribution in [0.15, 0.2) is 24.4 Å². The molecule has 1 heterocycles. The molecule has 7 heteroatoms. The number of rotatable bonds is 2. The minimum absolute atomic E-state index is 0.105. The van der Waals surface area contributed by atoms with E-state index in [9.17, 15) is 18.0 Å². The van der Waals surface area contributed by atoms with Crippen molar-refractivity contribution in [2.24, 2.45) is 0 Å². The number of alkyl halides is 3. The molecule has 2 rings (SSSR count). The van der Waals surface area contributed by atoms with Crippen molar-refractivity contribution in [1.82, 2.24) is 4.98 Å². The smallest absolute Gasteiger partial charge is 0.417 e. The molecule has 0 radical (unpaired) electrons. The van der Waals surface area contributed by atoms with Crippen LogP contribution in [0.1, 0.15) is 15.9 Å². The number of aromatic nitrogens is 1. The Balaban J connectivity index is 2.88. The molecule has 1 aromatic heterocycles. The molecule has 0 aliphatic rings. The molecule has 0 bridgehead atoms. The van der Waals surface area contributed by atoms with Gasteiger partial charge in [-0.25, -0.2) is 4.79 Å². The van der Waals surface area contributed by atoms with E-state index in [1.165, 1.54) is 12.1 Å². The molecule has 0 unspecified atom stereocenters. The number of carbonyl (C=O) groups is 1. The van der Waals surface area contributed by atoms with Crippen molar-refractivity contribution >= 4 is 22.6 Å². The Morgan fingerprint density at radius 3 is 2.45 bits per heavy atom. The van der Waals surface area contributed by atoms with Crippen molar-refractivity contribution in [2.45, 2.75) is 6.18 Å². The van der Waals surface area contributed by atoms with E-state index in [4.69, 9.17) is 5.11 Å². The van der Waals surface area contributed by atoms with Crippen LogP contribution in [-0.4, -0.2) is 30.2 Å². The Hall–Kier alpha value is -2.31. The number of fused-ring (bicyclic) bond motifs is 1. The van der Waals surface area contributed by atoms with Crippen molar-refractivity contribution in [3.8, 4) is 0 Å². The molecule has 0 aliphatic heterocycles. The number of hydrogen-bond donors (Lipinski definition) is 1. The third kappa shape index (κ3) is 2.38. The summed E-state index contributed by atoms with van der Waals surface area (Å²) in [6.45, 7) is 0. The third-order valence-corrected chi connectivity index (χ3v) is 2.88. The van der Waals surface area contributed by atoms with Gasteiger partial charge in [-0.2, -0.15) is 13.2 Å². The van der Waals surface area contributed by atoms with Gasteiger partial charge in [-0.15, -0.1) is 0 Å². The number of nitrogens with zero attached hydrogens (tertiary/aromatic N) is 2. The molecule has 0 fully saturated rings. The first-order valence-corrected chi connectivity index (χ1v) is 5.62. The van der Waals surface area contributed by atoms with E-state index < -0.39 is 23.3 Å². The molecule has 0 saturated carbocycles. The number of carboxylic acids is 1. The van der Waals surface area contributed by atoms with Crippen molar-refractivity contribution in [2.75, 3.05) is 19.0 Å². The summed E-state index contributed by atoms with van der Waals surface area (Å²) in [7, 11) is 3.37. The molecule has 0 amide bonds. The molecule has 1 aromatic carbocycles. The zero-order valence-corrected chi connectivity index (χ0v) is 10.7. The molecule has 0 aliphatic carbocycles. The van der Waals surface area contributed by atoms with Crippen LogP contribution < -0.4 is 4.90 Å². The number of hydrogen-bond acceptors (Lipinski definition) is 3. The molecule has 0 atom stereocenters. The Morgan fingerprint density at radius 1 is 1.30 bits per heavy atom. The first-order chi connectivity index (χ1) is 9.21. The fourth-order valence-corrected chi connectivity index (χ4v) is 1.93. The van der Waals surface area contributed by atoms with E-state index in [0.717, 1.165) is 6.20 Å². The van der Waals surface area contributed by atoms with Crippen molar-refractivity contribution in [1.29, 1.82) is 0 Å². The second-order valence-corrected chi connectivity index (χ2v) is 4.45. The van der Waals surface area contributed by atoms with Gasteiger partial charge >= 0.3 is 12.1 Å². The summed E-state index contributed by atoms with van der Waals surface area (Å²) >= 11 is 0. The van der Waals surface area contributed by atoms with Crippen LogP contribution in [0.25, 0.3) is 10.9 Å². The van der Waals surface area contributed by atoms with Gasteiger partial charge in [0.05, 0.1) is 16.6 Å². The quantitative estimate of drug-likeness (QED) is 0.921. The fraction of sp³-hybridized carbons (Fsp3) is 0.231. The maximum absolute atomic E-state index is 13.2. The molecule has 0 spiro atoms. The van der Waals surface area contributed by atoms with Crippen molar-refractivity contribution in [3.05, 3.63) is 35.5 Å². The lowest BCUT2D eigenvalue weighted by Gasteiger charge is -2.16. The highest BCUT2D eigenvalue weighted by molar-refractivity contribution is 5.97. The number of carboxylic acid groups (broad SMARTS) is 1. The van der Waals surface area contributed by atoms with Crippen LogP contribution in [-0.2, 0) is 6.18 Å². The highest BCUT2D eigenvalue weighted by Gasteiger charge is 2.37. The van der Waals surface area contributed by atoms with Gasteiger partial charge in [-0.05, 0) is 18.2 Å². The van der Waals surface area contributed by atoms with Crippen molar-refractivity contribution in [3.63, 3.8) is 0 Å². The molecule has 20 heavy (non-hydrogen) atoms. The van der Waals surface area contributed by atoms with Crippen LogP contribution in [0, 0.1) is 0 Å². The average Bonchev–Trinajstić information content (AvgIpc) is 2.35. The number of pyridine rings is 1. The lowest BCUT2D eigenvalue weighted by Crippen LogP contribution is -2.15. The summed E-state index contributed by atoms with van der Waals surface area (Å²) in [6.07, 6.45) is -4.03. The maximum atomic E-state index is 13.2. The molecule has 1 N–H and O–H groups in total. The van der Waals surface area contributed by atoms with E-state index in [1.807, 2.05) is 0 Å². The van der Waals surface area contributed by atoms with Crippen LogP contribution >= 0.6 is 0 Å². The number of anilines is 1. The summed E-state index contributed by atoms with van der Waals surface area (Å²) in [6, 6.07) is 4.35. The standard InChI is InChI=1S/C13H11F3N2O2/c1-18(2)7-3-4-10-8(5-7)11(13(14,15)16)9(6-17-10)12(19)20/h3-6H,1-2H3,(H,19,20). The van der Waals surface area contributed by atoms with Crippen LogP contribution in [0.3, 0.4) is 0 Å². The van der Waals surface area contributed by atoms with Gasteiger partial charge in [0.15, 0.2) is 0 Å². The van der Waals surface area contributed by atoms with Crippen molar-refractivity contribution < 1.29 is 23.1 Å². The maximum Gasteiger partial charge on any atom is 0.417 e. The average molecular weight is 284 g/mol. The summed E-state index contributed by atoms with van der Waals surface area (Å²) in [4.78, 5) is 16.4. The monoisotopic (exact) mass is 284 g/mol. The van der Waals surface area contributed by atoms with Gasteiger partial charge in [0.2, 0.25) is 0 Å². The van der Waals surface area contributed by atoms with Gasteiger partial charge in [0.1, 0.15) is 0 Å². The number of aromatic carboxylic acids is 1. The Morgan fingerprint density at radius 2 is 1.95 bits per heavy atom. The minimum Gasteiger partial charge on any atom is -0.478 e. The van der Waals surface area contributed by atoms with Crippen LogP contribution in [0.4, 0.5) is 18.9 Å². The van der Waals surface area contributed by atoms with Crippen LogP contribution in [0.5, 0.6) is 0 Å². The number of benzene rings is 1. The lowest BCUT2D eigenvalue weighted by atomic mass is 10.0. The Bertz CT molecular complexity index is 681. The van der Waals surface area contributed by atoms with E-state index in [0.29, 0.717) is 5.69 Å². The van der Waals surface area contributed by atoms with E-state index >= 15 is 0 Å². The summed E-state index contributed by atoms with van der Waals surface area (Å²) in [5.41, 5.74) is -1.38. The molecule has 0 saturated heterocycles. The summed E-state index contributed by atoms with van der Waals surface area (Å²) in [5, 5.41) is 8.70. The summed E-state index contributed by atoms with van der Waals surface area (Å²) < 4.78 is 39.5. The predicted molar refractivity (Wildman–Crippen MR) is 68.0 cm³/mol. The molecule has 106 valence electrons. The highest BCUT2D eigenvalue weighted by atomic mass is 19.4. The van der Waals surface area contributed by atoms with E-state index in [-0.39, 0.29) is 10.9 Å². The topological polar surface area (TPSA) is 53.4 Å². The van der Waals surface area contributed by atoms with Gasteiger partial charge in [-0.1, -0.05) is 0 Å². The predicted octanol–water partition coefficient (Wildman–Crippen LogP) is 3.02. The molecular formula is C13H11F3N2O2. The summed E-state index contributed by atoms with van der Waals surface area (Å²) in [5.74, 6) is -1.65. The van der Waals surface area contributed by atoms with Gasteiger partial charge < -0.3 is 10.0 Å². The first kappa shape index (κ1) is 14.1. The Kier molecular flexibility index (Phi) is 3.29. The first-order valence-electron chi connectivity index (χ1n) is 5.62. The second-order valence-electron chi connectivity index (χ2n) is 4.45. The molecule has 4 nitrogen and oxygen atoms in total. The molecular weight excluding hydrogens is 273 g/mol. The van der Waals surface area contributed by atoms with E-state index in [2.05, 4.69) is 4.98 Å². The SMILES string of the molecule is CN(C)c1ccc2ncc(C(=O)O)c(C(F)(F)F)c2c1. The van der Waals surface area contributed by atoms with Crippen LogP contribution in [0.2, 0.25) is 0 Å². The Labute approximate surface area is 112 Å². The van der Waals surface area contributed by atoms with Gasteiger partial charge in [-0.3, -0.25) is 4.98 Å². The van der Waals surface area contributed by atoms with Gasteiger partial charge in [0.25, 0.3) is 0 Å². The van der Waals surface area contributed by atoms with Gasteiger partial charge in [0, 0.05) is 31.4 Å². The highest BCUT2D eigenvalue weighted by Crippen LogP contribution is 2.37. The zero-order valence-electron chi connectivity index (χ0n) is 10.7. The minimum atomic E-state index is -4.76. The number of halogens is 3. The van der Waals surface area contributed by atoms with E-state index in [1.54, 1.807) is 25.1 Å². The largest absolute Gasteiger partial charge is 0.478 e. The lowest BCUT2D eigenvalue weighted by molar-refractivity contribution is -0.136. The normalized spacial score (nSPS) is 11.7. The molecule has 2 aromatic rings.